The molecule has 2 aromatic carbocycles. The normalized spacial score (nSPS) is 15.8. The molecule has 0 aliphatic carbocycles. The summed E-state index contributed by atoms with van der Waals surface area (Å²) in [5, 5.41) is 2.81. The van der Waals surface area contributed by atoms with E-state index in [1.54, 1.807) is 44.6 Å². The molecule has 1 amide bonds. The van der Waals surface area contributed by atoms with E-state index >= 15 is 0 Å². The molecule has 0 spiro atoms. The Kier molecular flexibility index (Phi) is 6.17. The number of para-hydroxylation sites is 2. The van der Waals surface area contributed by atoms with Crippen LogP contribution in [0.4, 0.5) is 5.69 Å². The van der Waals surface area contributed by atoms with E-state index in [4.69, 9.17) is 14.2 Å². The van der Waals surface area contributed by atoms with E-state index in [1.165, 1.54) is 4.31 Å². The number of anilines is 1. The number of ether oxygens (including phenoxy) is 3. The van der Waals surface area contributed by atoms with E-state index in [9.17, 15) is 13.2 Å². The molecular formula is C20H24N2O6S. The van der Waals surface area contributed by atoms with E-state index in [1.807, 2.05) is 12.1 Å². The second kappa shape index (κ2) is 8.60. The quantitative estimate of drug-likeness (QED) is 0.731. The van der Waals surface area contributed by atoms with Crippen LogP contribution in [-0.2, 0) is 21.2 Å². The molecule has 8 nitrogen and oxygen atoms in total. The summed E-state index contributed by atoms with van der Waals surface area (Å²) in [5.74, 6) is 1.25. The van der Waals surface area contributed by atoms with Crippen LogP contribution in [0.15, 0.2) is 42.5 Å². The fraction of sp³-hybridized carbons (Fsp3) is 0.350. The third kappa shape index (κ3) is 4.73. The number of sulfonamides is 1. The summed E-state index contributed by atoms with van der Waals surface area (Å²) in [4.78, 5) is 12.6. The first-order valence-electron chi connectivity index (χ1n) is 9.05. The molecule has 1 atom stereocenters. The predicted octanol–water partition coefficient (Wildman–Crippen LogP) is 1.59. The summed E-state index contributed by atoms with van der Waals surface area (Å²) in [6.45, 7) is 0.298. The molecule has 3 rings (SSSR count). The molecule has 2 aromatic rings. The smallest absolute Gasteiger partial charge is 0.263 e. The molecule has 1 N–H and O–H groups in total. The minimum Gasteiger partial charge on any atom is -0.493 e. The number of nitrogens with one attached hydrogen (secondary N) is 1. The number of carbonyl (C=O) groups excluding carboxylic acids is 1. The Morgan fingerprint density at radius 3 is 2.59 bits per heavy atom. The third-order valence-corrected chi connectivity index (χ3v) is 5.73. The van der Waals surface area contributed by atoms with Gasteiger partial charge in [0, 0.05) is 6.54 Å². The van der Waals surface area contributed by atoms with Gasteiger partial charge in [0.25, 0.3) is 5.91 Å². The van der Waals surface area contributed by atoms with Gasteiger partial charge >= 0.3 is 0 Å². The minimum atomic E-state index is -3.54. The maximum atomic E-state index is 12.6. The van der Waals surface area contributed by atoms with Crippen LogP contribution >= 0.6 is 0 Å². The summed E-state index contributed by atoms with van der Waals surface area (Å²) < 4.78 is 41.7. The fourth-order valence-electron chi connectivity index (χ4n) is 3.13. The van der Waals surface area contributed by atoms with Crippen molar-refractivity contribution < 1.29 is 27.4 Å². The van der Waals surface area contributed by atoms with Gasteiger partial charge in [-0.2, -0.15) is 0 Å². The van der Waals surface area contributed by atoms with Crippen LogP contribution < -0.4 is 23.8 Å². The van der Waals surface area contributed by atoms with Crippen molar-refractivity contribution in [2.24, 2.45) is 0 Å². The Bertz CT molecular complexity index is 992. The SMILES string of the molecule is COc1ccc(CCNC(=O)[C@@H]2CN(S(C)(=O)=O)c3ccccc3O2)cc1OC. The Hall–Kier alpha value is -2.94. The monoisotopic (exact) mass is 420 g/mol. The number of nitrogens with zero attached hydrogens (tertiary/aromatic N) is 1. The molecule has 156 valence electrons. The zero-order valence-corrected chi connectivity index (χ0v) is 17.4. The van der Waals surface area contributed by atoms with Crippen LogP contribution in [0.5, 0.6) is 17.2 Å². The van der Waals surface area contributed by atoms with E-state index in [0.29, 0.717) is 35.9 Å². The summed E-state index contributed by atoms with van der Waals surface area (Å²) in [6.07, 6.45) is 0.761. The van der Waals surface area contributed by atoms with Crippen molar-refractivity contribution in [3.05, 3.63) is 48.0 Å². The molecular weight excluding hydrogens is 396 g/mol. The molecule has 9 heteroatoms. The first kappa shape index (κ1) is 20.8. The minimum absolute atomic E-state index is 0.0714. The topological polar surface area (TPSA) is 94.2 Å². The summed E-state index contributed by atoms with van der Waals surface area (Å²) in [5.41, 5.74) is 1.40. The summed E-state index contributed by atoms with van der Waals surface area (Å²) in [7, 11) is -0.402. The number of fused-ring (bicyclic) bond motifs is 1. The lowest BCUT2D eigenvalue weighted by atomic mass is 10.1. The highest BCUT2D eigenvalue weighted by molar-refractivity contribution is 7.92. The van der Waals surface area contributed by atoms with Crippen molar-refractivity contribution in [1.29, 1.82) is 0 Å². The number of methoxy groups -OCH3 is 2. The van der Waals surface area contributed by atoms with Crippen LogP contribution in [0.2, 0.25) is 0 Å². The van der Waals surface area contributed by atoms with Crippen molar-refractivity contribution in [3.8, 4) is 17.2 Å². The van der Waals surface area contributed by atoms with Crippen molar-refractivity contribution >= 4 is 21.6 Å². The van der Waals surface area contributed by atoms with E-state index in [2.05, 4.69) is 5.32 Å². The van der Waals surface area contributed by atoms with Crippen molar-refractivity contribution in [3.63, 3.8) is 0 Å². The summed E-state index contributed by atoms with van der Waals surface area (Å²) >= 11 is 0. The summed E-state index contributed by atoms with van der Waals surface area (Å²) in [6, 6.07) is 12.3. The molecule has 0 saturated heterocycles. The van der Waals surface area contributed by atoms with Gasteiger partial charge in [0.2, 0.25) is 10.0 Å². The average molecular weight is 420 g/mol. The largest absolute Gasteiger partial charge is 0.493 e. The first-order chi connectivity index (χ1) is 13.8. The molecule has 1 aliphatic heterocycles. The number of amides is 1. The van der Waals surface area contributed by atoms with E-state index in [-0.39, 0.29) is 12.5 Å². The lowest BCUT2D eigenvalue weighted by Gasteiger charge is -2.33. The second-order valence-electron chi connectivity index (χ2n) is 6.60. The molecule has 0 fully saturated rings. The predicted molar refractivity (Wildman–Crippen MR) is 109 cm³/mol. The van der Waals surface area contributed by atoms with Gasteiger partial charge in [-0.3, -0.25) is 9.10 Å². The number of rotatable bonds is 7. The molecule has 29 heavy (non-hydrogen) atoms. The first-order valence-corrected chi connectivity index (χ1v) is 10.9. The lowest BCUT2D eigenvalue weighted by Crippen LogP contribution is -2.50. The Balaban J connectivity index is 1.64. The van der Waals surface area contributed by atoms with Gasteiger partial charge in [0.1, 0.15) is 5.75 Å². The van der Waals surface area contributed by atoms with Gasteiger partial charge in [-0.05, 0) is 36.2 Å². The van der Waals surface area contributed by atoms with Crippen LogP contribution in [0.3, 0.4) is 0 Å². The standard InChI is InChI=1S/C20H24N2O6S/c1-26-17-9-8-14(12-18(17)27-2)10-11-21-20(23)19-13-22(29(3,24)25)15-6-4-5-7-16(15)28-19/h4-9,12,19H,10-11,13H2,1-3H3,(H,21,23)/t19-/m0/s1. The van der Waals surface area contributed by atoms with E-state index in [0.717, 1.165) is 11.8 Å². The number of hydrogen-bond donors (Lipinski definition) is 1. The molecule has 0 radical (unpaired) electrons. The van der Waals surface area contributed by atoms with Crippen molar-refractivity contribution in [1.82, 2.24) is 5.32 Å². The molecule has 0 saturated carbocycles. The zero-order valence-electron chi connectivity index (χ0n) is 16.5. The Morgan fingerprint density at radius 2 is 1.90 bits per heavy atom. The molecule has 0 unspecified atom stereocenters. The molecule has 1 aliphatic rings. The molecule has 0 bridgehead atoms. The number of benzene rings is 2. The zero-order chi connectivity index (χ0) is 21.0. The van der Waals surface area contributed by atoms with Crippen molar-refractivity contribution in [2.45, 2.75) is 12.5 Å². The highest BCUT2D eigenvalue weighted by atomic mass is 32.2. The number of carbonyl (C=O) groups is 1. The van der Waals surface area contributed by atoms with Gasteiger partial charge in [-0.25, -0.2) is 8.42 Å². The Morgan fingerprint density at radius 1 is 1.17 bits per heavy atom. The van der Waals surface area contributed by atoms with Crippen LogP contribution in [0.25, 0.3) is 0 Å². The van der Waals surface area contributed by atoms with Gasteiger partial charge in [0.05, 0.1) is 32.7 Å². The highest BCUT2D eigenvalue weighted by Gasteiger charge is 2.34. The molecule has 1 heterocycles. The Labute approximate surface area is 170 Å². The fourth-order valence-corrected chi connectivity index (χ4v) is 4.05. The van der Waals surface area contributed by atoms with Crippen molar-refractivity contribution in [2.75, 3.05) is 37.9 Å². The maximum absolute atomic E-state index is 12.6. The van der Waals surface area contributed by atoms with Gasteiger partial charge in [0.15, 0.2) is 17.6 Å². The van der Waals surface area contributed by atoms with Gasteiger partial charge in [-0.15, -0.1) is 0 Å². The maximum Gasteiger partial charge on any atom is 0.263 e. The van der Waals surface area contributed by atoms with Gasteiger partial charge < -0.3 is 19.5 Å². The molecule has 0 aromatic heterocycles. The highest BCUT2D eigenvalue weighted by Crippen LogP contribution is 2.34. The number of hydrogen-bond acceptors (Lipinski definition) is 6. The average Bonchev–Trinajstić information content (AvgIpc) is 2.71. The van der Waals surface area contributed by atoms with Crippen LogP contribution in [0.1, 0.15) is 5.56 Å². The van der Waals surface area contributed by atoms with E-state index < -0.39 is 16.1 Å². The second-order valence-corrected chi connectivity index (χ2v) is 8.51. The van der Waals surface area contributed by atoms with Gasteiger partial charge in [-0.1, -0.05) is 18.2 Å². The third-order valence-electron chi connectivity index (χ3n) is 4.59. The van der Waals surface area contributed by atoms with Crippen LogP contribution in [-0.4, -0.2) is 54.0 Å². The van der Waals surface area contributed by atoms with Crippen LogP contribution in [0, 0.1) is 0 Å². The lowest BCUT2D eigenvalue weighted by molar-refractivity contribution is -0.127.